The molecule has 29 heavy (non-hydrogen) atoms. The predicted molar refractivity (Wildman–Crippen MR) is 115 cm³/mol. The third-order valence-electron chi connectivity index (χ3n) is 5.89. The summed E-state index contributed by atoms with van der Waals surface area (Å²) >= 11 is 0. The highest BCUT2D eigenvalue weighted by atomic mass is 16.5. The lowest BCUT2D eigenvalue weighted by Gasteiger charge is -2.28. The Kier molecular flexibility index (Phi) is 5.70. The maximum atomic E-state index is 11.1. The van der Waals surface area contributed by atoms with Gasteiger partial charge < -0.3 is 14.4 Å². The van der Waals surface area contributed by atoms with Crippen molar-refractivity contribution in [2.45, 2.75) is 45.1 Å². The number of carbonyl (C=O) groups is 1. The van der Waals surface area contributed by atoms with E-state index in [2.05, 4.69) is 31.2 Å². The lowest BCUT2D eigenvalue weighted by atomic mass is 9.86. The number of hydrogen-bond donors (Lipinski definition) is 1. The van der Waals surface area contributed by atoms with Crippen LogP contribution < -0.4 is 4.74 Å². The van der Waals surface area contributed by atoms with Crippen molar-refractivity contribution < 1.29 is 14.6 Å². The van der Waals surface area contributed by atoms with Crippen LogP contribution in [0.1, 0.15) is 49.4 Å². The Bertz CT molecular complexity index is 985. The normalized spacial score (nSPS) is 15.8. The molecule has 0 radical (unpaired) electrons. The molecule has 2 aromatic carbocycles. The Hall–Kier alpha value is -3.01. The summed E-state index contributed by atoms with van der Waals surface area (Å²) in [5, 5.41) is 9.15. The van der Waals surface area contributed by atoms with Gasteiger partial charge in [0.1, 0.15) is 5.75 Å². The molecule has 0 unspecified atom stereocenters. The third-order valence-corrected chi connectivity index (χ3v) is 5.89. The van der Waals surface area contributed by atoms with Crippen molar-refractivity contribution in [2.75, 3.05) is 0 Å². The van der Waals surface area contributed by atoms with Gasteiger partial charge in [-0.2, -0.15) is 0 Å². The molecule has 1 atom stereocenters. The largest absolute Gasteiger partial charge is 0.490 e. The van der Waals surface area contributed by atoms with Crippen LogP contribution >= 0.6 is 0 Å². The molecule has 150 valence electrons. The quantitative estimate of drug-likeness (QED) is 0.547. The van der Waals surface area contributed by atoms with Crippen LogP contribution in [0.4, 0.5) is 0 Å². The minimum atomic E-state index is -0.920. The number of ether oxygens (including phenoxy) is 1. The number of rotatable bonds is 6. The van der Waals surface area contributed by atoms with Gasteiger partial charge in [-0.3, -0.25) is 0 Å². The number of carboxylic acids is 1. The van der Waals surface area contributed by atoms with Crippen LogP contribution in [0.3, 0.4) is 0 Å². The zero-order valence-electron chi connectivity index (χ0n) is 16.8. The third kappa shape index (κ3) is 4.53. The minimum Gasteiger partial charge on any atom is -0.490 e. The summed E-state index contributed by atoms with van der Waals surface area (Å²) in [6, 6.07) is 17.9. The highest BCUT2D eigenvalue weighted by molar-refractivity contribution is 5.87. The number of carboxylic acid groups (broad SMARTS) is 1. The van der Waals surface area contributed by atoms with E-state index in [9.17, 15) is 4.79 Å². The molecule has 1 aliphatic rings. The Morgan fingerprint density at radius 3 is 2.48 bits per heavy atom. The Labute approximate surface area is 171 Å². The molecule has 1 saturated carbocycles. The summed E-state index contributed by atoms with van der Waals surface area (Å²) in [5.41, 5.74) is 3.37. The average Bonchev–Trinajstić information content (AvgIpc) is 3.25. The van der Waals surface area contributed by atoms with Gasteiger partial charge in [0, 0.05) is 18.1 Å². The number of benzene rings is 2. The van der Waals surface area contributed by atoms with Crippen LogP contribution in [-0.4, -0.2) is 21.7 Å². The van der Waals surface area contributed by atoms with Crippen molar-refractivity contribution in [3.05, 3.63) is 72.6 Å². The van der Waals surface area contributed by atoms with Crippen LogP contribution in [0, 0.1) is 5.92 Å². The highest BCUT2D eigenvalue weighted by Crippen LogP contribution is 2.31. The van der Waals surface area contributed by atoms with Crippen molar-refractivity contribution in [3.8, 4) is 22.6 Å². The van der Waals surface area contributed by atoms with Crippen LogP contribution in [-0.2, 0) is 0 Å². The maximum Gasteiger partial charge on any atom is 0.337 e. The van der Waals surface area contributed by atoms with Gasteiger partial charge in [-0.1, -0.05) is 43.5 Å². The number of aromatic carboxylic acids is 1. The lowest BCUT2D eigenvalue weighted by molar-refractivity contribution is 0.0697. The van der Waals surface area contributed by atoms with Gasteiger partial charge in [-0.05, 0) is 67.1 Å². The molecule has 3 aromatic rings. The summed E-state index contributed by atoms with van der Waals surface area (Å²) in [6.07, 6.45) is 10.1. The first-order chi connectivity index (χ1) is 14.1. The van der Waals surface area contributed by atoms with Crippen LogP contribution in [0.5, 0.6) is 5.75 Å². The monoisotopic (exact) mass is 389 g/mol. The van der Waals surface area contributed by atoms with Gasteiger partial charge >= 0.3 is 5.97 Å². The number of hydrogen-bond acceptors (Lipinski definition) is 2. The Morgan fingerprint density at radius 1 is 1.03 bits per heavy atom. The minimum absolute atomic E-state index is 0.228. The molecule has 0 bridgehead atoms. The fourth-order valence-electron chi connectivity index (χ4n) is 4.19. The van der Waals surface area contributed by atoms with Crippen molar-refractivity contribution in [3.63, 3.8) is 0 Å². The summed E-state index contributed by atoms with van der Waals surface area (Å²) < 4.78 is 8.12. The molecule has 1 heterocycles. The molecule has 1 aliphatic carbocycles. The smallest absolute Gasteiger partial charge is 0.337 e. The summed E-state index contributed by atoms with van der Waals surface area (Å²) in [5.74, 6) is 0.629. The molecule has 0 spiro atoms. The maximum absolute atomic E-state index is 11.1. The van der Waals surface area contributed by atoms with E-state index in [0.29, 0.717) is 5.92 Å². The average molecular weight is 389 g/mol. The molecule has 4 heteroatoms. The fraction of sp³-hybridized carbons (Fsp3) is 0.320. The first kappa shape index (κ1) is 19.3. The first-order valence-electron chi connectivity index (χ1n) is 10.4. The van der Waals surface area contributed by atoms with Crippen molar-refractivity contribution in [2.24, 2.45) is 5.92 Å². The topological polar surface area (TPSA) is 51.5 Å². The van der Waals surface area contributed by atoms with Crippen LogP contribution in [0.2, 0.25) is 0 Å². The standard InChI is InChI=1S/C25H27NO3/c1-18(19-7-3-2-4-8-19)29-24-12-6-10-21(16-24)20-9-5-11-23(15-20)26-14-13-22(17-26)25(27)28/h5-6,9-19H,2-4,7-8H2,1H3,(H,27,28)/t18-/m0/s1. The lowest BCUT2D eigenvalue weighted by Crippen LogP contribution is -2.25. The molecular formula is C25H27NO3. The number of aromatic nitrogens is 1. The summed E-state index contributed by atoms with van der Waals surface area (Å²) in [7, 11) is 0. The highest BCUT2D eigenvalue weighted by Gasteiger charge is 2.21. The zero-order chi connectivity index (χ0) is 20.2. The summed E-state index contributed by atoms with van der Waals surface area (Å²) in [6.45, 7) is 2.19. The van der Waals surface area contributed by atoms with E-state index in [0.717, 1.165) is 22.6 Å². The van der Waals surface area contributed by atoms with Gasteiger partial charge in [0.25, 0.3) is 0 Å². The zero-order valence-corrected chi connectivity index (χ0v) is 16.8. The fourth-order valence-corrected chi connectivity index (χ4v) is 4.19. The molecule has 1 aromatic heterocycles. The van der Waals surface area contributed by atoms with Gasteiger partial charge in [-0.15, -0.1) is 0 Å². The molecule has 1 N–H and O–H groups in total. The molecule has 1 fully saturated rings. The second-order valence-corrected chi connectivity index (χ2v) is 7.91. The Balaban J connectivity index is 1.54. The summed E-state index contributed by atoms with van der Waals surface area (Å²) in [4.78, 5) is 11.1. The van der Waals surface area contributed by atoms with Crippen LogP contribution in [0.25, 0.3) is 16.8 Å². The van der Waals surface area contributed by atoms with Gasteiger partial charge in [0.2, 0.25) is 0 Å². The van der Waals surface area contributed by atoms with E-state index in [1.807, 2.05) is 28.8 Å². The SMILES string of the molecule is C[C@H](Oc1cccc(-c2cccc(-n3ccc(C(=O)O)c3)c2)c1)C1CCCCC1. The van der Waals surface area contributed by atoms with Gasteiger partial charge in [0.05, 0.1) is 11.7 Å². The van der Waals surface area contributed by atoms with E-state index in [-0.39, 0.29) is 11.7 Å². The molecule has 0 aliphatic heterocycles. The molecular weight excluding hydrogens is 362 g/mol. The van der Waals surface area contributed by atoms with Crippen molar-refractivity contribution >= 4 is 5.97 Å². The second-order valence-electron chi connectivity index (χ2n) is 7.91. The number of nitrogens with zero attached hydrogens (tertiary/aromatic N) is 1. The molecule has 0 amide bonds. The molecule has 4 nitrogen and oxygen atoms in total. The van der Waals surface area contributed by atoms with Gasteiger partial charge in [0.15, 0.2) is 0 Å². The Morgan fingerprint density at radius 2 is 1.76 bits per heavy atom. The van der Waals surface area contributed by atoms with E-state index in [1.165, 1.54) is 32.1 Å². The van der Waals surface area contributed by atoms with Gasteiger partial charge in [-0.25, -0.2) is 4.79 Å². The van der Waals surface area contributed by atoms with Crippen LogP contribution in [0.15, 0.2) is 67.0 Å². The van der Waals surface area contributed by atoms with Crippen molar-refractivity contribution in [1.82, 2.24) is 4.57 Å². The van der Waals surface area contributed by atoms with E-state index < -0.39 is 5.97 Å². The first-order valence-corrected chi connectivity index (χ1v) is 10.4. The second kappa shape index (κ2) is 8.56. The predicted octanol–water partition coefficient (Wildman–Crippen LogP) is 6.19. The molecule has 0 saturated heterocycles. The van der Waals surface area contributed by atoms with Crippen molar-refractivity contribution in [1.29, 1.82) is 0 Å². The molecule has 4 rings (SSSR count). The van der Waals surface area contributed by atoms with E-state index >= 15 is 0 Å². The van der Waals surface area contributed by atoms with E-state index in [1.54, 1.807) is 18.5 Å². The van der Waals surface area contributed by atoms with E-state index in [4.69, 9.17) is 9.84 Å².